The molecule has 1 N–H and O–H groups in total. The normalized spacial score (nSPS) is 12.4. The Bertz CT molecular complexity index is 566. The number of aryl methyl sites for hydroxylation is 1. The number of hydrogen-bond acceptors (Lipinski definition) is 3. The van der Waals surface area contributed by atoms with Crippen molar-refractivity contribution in [2.45, 2.75) is 32.9 Å². The largest absolute Gasteiger partial charge is 0.491 e. The van der Waals surface area contributed by atoms with Gasteiger partial charge in [0.05, 0.1) is 17.8 Å². The maximum Gasteiger partial charge on any atom is 0.124 e. The van der Waals surface area contributed by atoms with Crippen LogP contribution in [0.25, 0.3) is 0 Å². The Morgan fingerprint density at radius 3 is 2.45 bits per heavy atom. The monoisotopic (exact) mass is 270 g/mol. The maximum absolute atomic E-state index is 5.91. The van der Waals surface area contributed by atoms with Crippen LogP contribution in [0.2, 0.25) is 0 Å². The molecule has 1 unspecified atom stereocenters. The van der Waals surface area contributed by atoms with E-state index in [0.29, 0.717) is 0 Å². The van der Waals surface area contributed by atoms with Crippen LogP contribution in [0.1, 0.15) is 36.8 Å². The molecule has 3 heteroatoms. The second-order valence-electron chi connectivity index (χ2n) is 5.13. The number of aromatic nitrogens is 1. The predicted octanol–water partition coefficient (Wildman–Crippen LogP) is 3.49. The lowest BCUT2D eigenvalue weighted by atomic mass is 10.0. The molecule has 3 nitrogen and oxygen atoms in total. The fourth-order valence-electron chi connectivity index (χ4n) is 2.27. The fraction of sp³-hybridized carbons (Fsp3) is 0.353. The van der Waals surface area contributed by atoms with Crippen LogP contribution in [-0.4, -0.2) is 18.1 Å². The van der Waals surface area contributed by atoms with Gasteiger partial charge in [-0.25, -0.2) is 0 Å². The quantitative estimate of drug-likeness (QED) is 0.903. The molecule has 0 saturated carbocycles. The van der Waals surface area contributed by atoms with Crippen molar-refractivity contribution in [2.24, 2.45) is 0 Å². The Hall–Kier alpha value is -1.87. The van der Waals surface area contributed by atoms with E-state index < -0.39 is 0 Å². The fourth-order valence-corrected chi connectivity index (χ4v) is 2.27. The molecule has 0 fully saturated rings. The zero-order valence-corrected chi connectivity index (χ0v) is 12.6. The average Bonchev–Trinajstić information content (AvgIpc) is 2.41. The third kappa shape index (κ3) is 3.36. The van der Waals surface area contributed by atoms with E-state index in [-0.39, 0.29) is 12.1 Å². The molecule has 0 amide bonds. The maximum atomic E-state index is 5.91. The topological polar surface area (TPSA) is 34.2 Å². The van der Waals surface area contributed by atoms with E-state index in [4.69, 9.17) is 4.74 Å². The summed E-state index contributed by atoms with van der Waals surface area (Å²) in [7, 11) is 1.95. The third-order valence-corrected chi connectivity index (χ3v) is 3.09. The molecule has 1 aromatic heterocycles. The molecular formula is C17H22N2O. The number of pyridine rings is 1. The lowest BCUT2D eigenvalue weighted by Gasteiger charge is -2.21. The SMILES string of the molecule is CNC(c1cccc(C)n1)c1ccccc1OC(C)C. The van der Waals surface area contributed by atoms with Crippen molar-refractivity contribution in [3.63, 3.8) is 0 Å². The molecule has 0 aliphatic rings. The first-order valence-corrected chi connectivity index (χ1v) is 6.98. The van der Waals surface area contributed by atoms with Crippen molar-refractivity contribution in [1.82, 2.24) is 10.3 Å². The first kappa shape index (κ1) is 14.5. The van der Waals surface area contributed by atoms with E-state index in [2.05, 4.69) is 16.4 Å². The van der Waals surface area contributed by atoms with Gasteiger partial charge in [-0.3, -0.25) is 4.98 Å². The summed E-state index contributed by atoms with van der Waals surface area (Å²) in [6.07, 6.45) is 0.152. The molecule has 1 atom stereocenters. The van der Waals surface area contributed by atoms with Gasteiger partial charge < -0.3 is 10.1 Å². The number of benzene rings is 1. The number of nitrogens with zero attached hydrogens (tertiary/aromatic N) is 1. The second kappa shape index (κ2) is 6.53. The zero-order chi connectivity index (χ0) is 14.5. The summed E-state index contributed by atoms with van der Waals surface area (Å²) >= 11 is 0. The van der Waals surface area contributed by atoms with E-state index in [1.54, 1.807) is 0 Å². The van der Waals surface area contributed by atoms with Crippen LogP contribution in [0.15, 0.2) is 42.5 Å². The first-order chi connectivity index (χ1) is 9.61. The summed E-state index contributed by atoms with van der Waals surface area (Å²) in [4.78, 5) is 4.62. The van der Waals surface area contributed by atoms with E-state index in [9.17, 15) is 0 Å². The smallest absolute Gasteiger partial charge is 0.124 e. The zero-order valence-electron chi connectivity index (χ0n) is 12.6. The van der Waals surface area contributed by atoms with E-state index in [1.807, 2.05) is 64.2 Å². The van der Waals surface area contributed by atoms with Crippen LogP contribution >= 0.6 is 0 Å². The van der Waals surface area contributed by atoms with Gasteiger partial charge >= 0.3 is 0 Å². The molecular weight excluding hydrogens is 248 g/mol. The van der Waals surface area contributed by atoms with Gasteiger partial charge in [0.2, 0.25) is 0 Å². The van der Waals surface area contributed by atoms with Gasteiger partial charge in [-0.2, -0.15) is 0 Å². The van der Waals surface area contributed by atoms with E-state index >= 15 is 0 Å². The number of hydrogen-bond donors (Lipinski definition) is 1. The molecule has 106 valence electrons. The van der Waals surface area contributed by atoms with Crippen molar-refractivity contribution in [3.05, 3.63) is 59.4 Å². The summed E-state index contributed by atoms with van der Waals surface area (Å²) in [6, 6.07) is 14.2. The van der Waals surface area contributed by atoms with Gasteiger partial charge in [0.15, 0.2) is 0 Å². The highest BCUT2D eigenvalue weighted by Gasteiger charge is 2.18. The first-order valence-electron chi connectivity index (χ1n) is 6.98. The van der Waals surface area contributed by atoms with Crippen molar-refractivity contribution >= 4 is 0 Å². The highest BCUT2D eigenvalue weighted by molar-refractivity contribution is 5.40. The van der Waals surface area contributed by atoms with Crippen LogP contribution in [0, 0.1) is 6.92 Å². The number of ether oxygens (including phenoxy) is 1. The molecule has 2 aromatic rings. The van der Waals surface area contributed by atoms with Gasteiger partial charge in [-0.1, -0.05) is 24.3 Å². The number of para-hydroxylation sites is 1. The summed E-state index contributed by atoms with van der Waals surface area (Å²) in [5, 5.41) is 3.33. The lowest BCUT2D eigenvalue weighted by molar-refractivity contribution is 0.238. The molecule has 20 heavy (non-hydrogen) atoms. The van der Waals surface area contributed by atoms with Gasteiger partial charge in [-0.15, -0.1) is 0 Å². The van der Waals surface area contributed by atoms with Gasteiger partial charge in [0.1, 0.15) is 5.75 Å². The standard InChI is InChI=1S/C17H22N2O/c1-12(2)20-16-11-6-5-9-14(16)17(18-4)15-10-7-8-13(3)19-15/h5-12,17-18H,1-4H3. The Kier molecular flexibility index (Phi) is 4.74. The summed E-state index contributed by atoms with van der Waals surface area (Å²) in [5.41, 5.74) is 3.14. The van der Waals surface area contributed by atoms with Crippen LogP contribution in [0.4, 0.5) is 0 Å². The summed E-state index contributed by atoms with van der Waals surface area (Å²) < 4.78 is 5.91. The Balaban J connectivity index is 2.41. The highest BCUT2D eigenvalue weighted by atomic mass is 16.5. The molecule has 1 aromatic carbocycles. The summed E-state index contributed by atoms with van der Waals surface area (Å²) in [6.45, 7) is 6.08. The van der Waals surface area contributed by atoms with Gasteiger partial charge in [-0.05, 0) is 46.0 Å². The van der Waals surface area contributed by atoms with Gasteiger partial charge in [0.25, 0.3) is 0 Å². The van der Waals surface area contributed by atoms with Crippen LogP contribution < -0.4 is 10.1 Å². The van der Waals surface area contributed by atoms with Crippen molar-refractivity contribution in [2.75, 3.05) is 7.05 Å². The van der Waals surface area contributed by atoms with E-state index in [1.165, 1.54) is 0 Å². The minimum Gasteiger partial charge on any atom is -0.491 e. The average molecular weight is 270 g/mol. The molecule has 0 aliphatic heterocycles. The third-order valence-electron chi connectivity index (χ3n) is 3.09. The van der Waals surface area contributed by atoms with E-state index in [0.717, 1.165) is 22.7 Å². The highest BCUT2D eigenvalue weighted by Crippen LogP contribution is 2.29. The lowest BCUT2D eigenvalue weighted by Crippen LogP contribution is -2.20. The van der Waals surface area contributed by atoms with Crippen molar-refractivity contribution in [3.8, 4) is 5.75 Å². The molecule has 0 saturated heterocycles. The minimum atomic E-state index is 0.0323. The molecule has 0 aliphatic carbocycles. The van der Waals surface area contributed by atoms with Crippen molar-refractivity contribution < 1.29 is 4.74 Å². The Morgan fingerprint density at radius 2 is 1.80 bits per heavy atom. The van der Waals surface area contributed by atoms with Crippen LogP contribution in [0.5, 0.6) is 5.75 Å². The van der Waals surface area contributed by atoms with Crippen LogP contribution in [0.3, 0.4) is 0 Å². The van der Waals surface area contributed by atoms with Crippen molar-refractivity contribution in [1.29, 1.82) is 0 Å². The Labute approximate surface area is 121 Å². The van der Waals surface area contributed by atoms with Gasteiger partial charge in [0, 0.05) is 11.3 Å². The number of nitrogens with one attached hydrogen (secondary N) is 1. The number of rotatable bonds is 5. The minimum absolute atomic E-state index is 0.0323. The molecule has 0 spiro atoms. The molecule has 1 heterocycles. The van der Waals surface area contributed by atoms with Crippen LogP contribution in [-0.2, 0) is 0 Å². The Morgan fingerprint density at radius 1 is 1.05 bits per heavy atom. The summed E-state index contributed by atoms with van der Waals surface area (Å²) in [5.74, 6) is 0.908. The molecule has 2 rings (SSSR count). The molecule has 0 bridgehead atoms. The second-order valence-corrected chi connectivity index (χ2v) is 5.13. The predicted molar refractivity (Wildman–Crippen MR) is 82.1 cm³/mol. The molecule has 0 radical (unpaired) electrons.